The van der Waals surface area contributed by atoms with Crippen LogP contribution in [0.5, 0.6) is 0 Å². The summed E-state index contributed by atoms with van der Waals surface area (Å²) in [5, 5.41) is 3.36. The van der Waals surface area contributed by atoms with Crippen LogP contribution in [0, 0.1) is 0 Å². The number of para-hydroxylation sites is 2. The number of ether oxygens (including phenoxy) is 1. The molecule has 31 heavy (non-hydrogen) atoms. The molecule has 0 aliphatic rings. The first-order valence-electron chi connectivity index (χ1n) is 10.6. The van der Waals surface area contributed by atoms with Gasteiger partial charge < -0.3 is 14.6 Å². The molecule has 2 aromatic carbocycles. The first-order chi connectivity index (χ1) is 15.0. The van der Waals surface area contributed by atoms with Crippen molar-refractivity contribution in [3.05, 3.63) is 64.9 Å². The SMILES string of the molecule is CC(C)OC(=O)Cn1c(CCCCCNC(=O)c2ccccc2Cl)nc2ccccc21. The highest BCUT2D eigenvalue weighted by molar-refractivity contribution is 6.33. The number of aryl methyl sites for hydroxylation is 1. The van der Waals surface area contributed by atoms with Gasteiger partial charge >= 0.3 is 5.97 Å². The zero-order chi connectivity index (χ0) is 22.2. The Kier molecular flexibility index (Phi) is 8.06. The lowest BCUT2D eigenvalue weighted by Crippen LogP contribution is -2.24. The summed E-state index contributed by atoms with van der Waals surface area (Å²) in [7, 11) is 0. The molecule has 0 saturated heterocycles. The standard InChI is InChI=1S/C24H28ClN3O3/c1-17(2)31-23(29)16-28-21-13-8-7-12-20(21)27-22(28)14-4-3-9-15-26-24(30)18-10-5-6-11-19(18)25/h5-8,10-13,17H,3-4,9,14-16H2,1-2H3,(H,26,30). The quantitative estimate of drug-likeness (QED) is 0.363. The predicted molar refractivity (Wildman–Crippen MR) is 122 cm³/mol. The van der Waals surface area contributed by atoms with E-state index in [1.807, 2.05) is 42.7 Å². The minimum absolute atomic E-state index is 0.147. The number of halogens is 1. The predicted octanol–water partition coefficient (Wildman–Crippen LogP) is 4.78. The lowest BCUT2D eigenvalue weighted by molar-refractivity contribution is -0.148. The molecule has 1 amide bonds. The van der Waals surface area contributed by atoms with Gasteiger partial charge in [-0.2, -0.15) is 0 Å². The van der Waals surface area contributed by atoms with Crippen molar-refractivity contribution in [2.24, 2.45) is 0 Å². The maximum absolute atomic E-state index is 12.2. The number of fused-ring (bicyclic) bond motifs is 1. The topological polar surface area (TPSA) is 73.2 Å². The Balaban J connectivity index is 1.51. The summed E-state index contributed by atoms with van der Waals surface area (Å²) >= 11 is 6.06. The number of benzene rings is 2. The fourth-order valence-corrected chi connectivity index (χ4v) is 3.67. The molecule has 0 bridgehead atoms. The minimum atomic E-state index is -0.262. The third-order valence-corrected chi connectivity index (χ3v) is 5.20. The fraction of sp³-hybridized carbons (Fsp3) is 0.375. The maximum atomic E-state index is 12.2. The Morgan fingerprint density at radius 2 is 1.81 bits per heavy atom. The van der Waals surface area contributed by atoms with E-state index in [0.29, 0.717) is 17.1 Å². The molecule has 1 N–H and O–H groups in total. The Morgan fingerprint density at radius 3 is 2.58 bits per heavy atom. The molecule has 0 aliphatic heterocycles. The lowest BCUT2D eigenvalue weighted by atomic mass is 10.1. The number of carbonyl (C=O) groups excluding carboxylic acids is 2. The van der Waals surface area contributed by atoms with E-state index in [9.17, 15) is 9.59 Å². The number of amides is 1. The second kappa shape index (κ2) is 11.0. The first kappa shape index (κ1) is 22.8. The van der Waals surface area contributed by atoms with Gasteiger partial charge in [0.15, 0.2) is 0 Å². The molecule has 0 aliphatic carbocycles. The molecule has 3 rings (SSSR count). The summed E-state index contributed by atoms with van der Waals surface area (Å²) in [6.07, 6.45) is 3.30. The number of carbonyl (C=O) groups is 2. The average molecular weight is 442 g/mol. The van der Waals surface area contributed by atoms with E-state index >= 15 is 0 Å². The number of nitrogens with zero attached hydrogens (tertiary/aromatic N) is 2. The maximum Gasteiger partial charge on any atom is 0.326 e. The van der Waals surface area contributed by atoms with Crippen molar-refractivity contribution in [3.8, 4) is 0 Å². The Morgan fingerprint density at radius 1 is 1.06 bits per heavy atom. The van der Waals surface area contributed by atoms with Crippen molar-refractivity contribution in [3.63, 3.8) is 0 Å². The molecule has 7 heteroatoms. The van der Waals surface area contributed by atoms with Gasteiger partial charge in [-0.15, -0.1) is 0 Å². The van der Waals surface area contributed by atoms with Crippen LogP contribution in [-0.2, 0) is 22.5 Å². The summed E-state index contributed by atoms with van der Waals surface area (Å²) in [5.74, 6) is 0.458. The molecule has 0 radical (unpaired) electrons. The number of nitrogens with one attached hydrogen (secondary N) is 1. The van der Waals surface area contributed by atoms with Gasteiger partial charge in [-0.3, -0.25) is 9.59 Å². The number of rotatable bonds is 10. The monoisotopic (exact) mass is 441 g/mol. The highest BCUT2D eigenvalue weighted by atomic mass is 35.5. The smallest absolute Gasteiger partial charge is 0.326 e. The third kappa shape index (κ3) is 6.31. The van der Waals surface area contributed by atoms with E-state index < -0.39 is 0 Å². The number of aromatic nitrogens is 2. The molecule has 3 aromatic rings. The van der Waals surface area contributed by atoms with Crippen LogP contribution in [-0.4, -0.2) is 34.1 Å². The van der Waals surface area contributed by atoms with E-state index in [0.717, 1.165) is 42.5 Å². The summed E-state index contributed by atoms with van der Waals surface area (Å²) < 4.78 is 7.26. The molecule has 0 saturated carbocycles. The Hall–Kier alpha value is -2.86. The zero-order valence-electron chi connectivity index (χ0n) is 17.9. The molecule has 1 aromatic heterocycles. The fourth-order valence-electron chi connectivity index (χ4n) is 3.45. The van der Waals surface area contributed by atoms with Crippen molar-refractivity contribution in [1.82, 2.24) is 14.9 Å². The summed E-state index contributed by atoms with van der Waals surface area (Å²) in [4.78, 5) is 29.1. The van der Waals surface area contributed by atoms with Crippen LogP contribution in [0.2, 0.25) is 5.02 Å². The van der Waals surface area contributed by atoms with Crippen LogP contribution < -0.4 is 5.32 Å². The van der Waals surface area contributed by atoms with Crippen molar-refractivity contribution in [1.29, 1.82) is 0 Å². The van der Waals surface area contributed by atoms with E-state index in [4.69, 9.17) is 21.3 Å². The van der Waals surface area contributed by atoms with Crippen LogP contribution in [0.4, 0.5) is 0 Å². The minimum Gasteiger partial charge on any atom is -0.462 e. The van der Waals surface area contributed by atoms with Crippen molar-refractivity contribution in [2.75, 3.05) is 6.54 Å². The van der Waals surface area contributed by atoms with E-state index in [2.05, 4.69) is 5.32 Å². The van der Waals surface area contributed by atoms with Gasteiger partial charge in [-0.25, -0.2) is 4.98 Å². The second-order valence-corrected chi connectivity index (χ2v) is 8.10. The van der Waals surface area contributed by atoms with Crippen molar-refractivity contribution in [2.45, 2.75) is 52.2 Å². The number of unbranched alkanes of at least 4 members (excludes halogenated alkanes) is 2. The highest BCUT2D eigenvalue weighted by Crippen LogP contribution is 2.18. The van der Waals surface area contributed by atoms with Crippen LogP contribution in [0.3, 0.4) is 0 Å². The van der Waals surface area contributed by atoms with Gasteiger partial charge in [-0.1, -0.05) is 42.3 Å². The molecular weight excluding hydrogens is 414 g/mol. The van der Waals surface area contributed by atoms with Crippen LogP contribution in [0.25, 0.3) is 11.0 Å². The molecule has 0 unspecified atom stereocenters. The third-order valence-electron chi connectivity index (χ3n) is 4.87. The number of hydrogen-bond donors (Lipinski definition) is 1. The molecule has 164 valence electrons. The van der Waals surface area contributed by atoms with E-state index in [1.165, 1.54) is 0 Å². The van der Waals surface area contributed by atoms with Gasteiger partial charge in [0.05, 0.1) is 27.7 Å². The molecule has 1 heterocycles. The molecular formula is C24H28ClN3O3. The largest absolute Gasteiger partial charge is 0.462 e. The van der Waals surface area contributed by atoms with E-state index in [1.54, 1.807) is 24.3 Å². The van der Waals surface area contributed by atoms with Crippen LogP contribution in [0.1, 0.15) is 49.3 Å². The number of imidazole rings is 1. The average Bonchev–Trinajstić information content (AvgIpc) is 3.07. The number of esters is 1. The Labute approximate surface area is 187 Å². The van der Waals surface area contributed by atoms with Crippen molar-refractivity contribution < 1.29 is 14.3 Å². The summed E-state index contributed by atoms with van der Waals surface area (Å²) in [6.45, 7) is 4.42. The Bertz CT molecular complexity index is 1050. The lowest BCUT2D eigenvalue weighted by Gasteiger charge is -2.11. The second-order valence-electron chi connectivity index (χ2n) is 7.69. The highest BCUT2D eigenvalue weighted by Gasteiger charge is 2.15. The summed E-state index contributed by atoms with van der Waals surface area (Å²) in [6, 6.07) is 14.8. The van der Waals surface area contributed by atoms with Gasteiger partial charge in [-0.05, 0) is 51.0 Å². The summed E-state index contributed by atoms with van der Waals surface area (Å²) in [5.41, 5.74) is 2.30. The normalized spacial score (nSPS) is 11.1. The molecule has 0 fully saturated rings. The van der Waals surface area contributed by atoms with Crippen molar-refractivity contribution >= 4 is 34.5 Å². The molecule has 0 spiro atoms. The number of hydrogen-bond acceptors (Lipinski definition) is 4. The van der Waals surface area contributed by atoms with Gasteiger partial charge in [0, 0.05) is 13.0 Å². The van der Waals surface area contributed by atoms with Gasteiger partial charge in [0.1, 0.15) is 12.4 Å². The van der Waals surface area contributed by atoms with Crippen LogP contribution in [0.15, 0.2) is 48.5 Å². The van der Waals surface area contributed by atoms with Gasteiger partial charge in [0.25, 0.3) is 5.91 Å². The molecule has 0 atom stereocenters. The zero-order valence-corrected chi connectivity index (χ0v) is 18.7. The van der Waals surface area contributed by atoms with Crippen LogP contribution >= 0.6 is 11.6 Å². The first-order valence-corrected chi connectivity index (χ1v) is 11.0. The van der Waals surface area contributed by atoms with Gasteiger partial charge in [0.2, 0.25) is 0 Å². The molecule has 6 nitrogen and oxygen atoms in total. The van der Waals surface area contributed by atoms with E-state index in [-0.39, 0.29) is 24.5 Å².